The lowest BCUT2D eigenvalue weighted by Crippen LogP contribution is -2.09. The van der Waals surface area contributed by atoms with Crippen LogP contribution in [0.15, 0.2) is 12.1 Å². The Morgan fingerprint density at radius 3 is 2.77 bits per heavy atom. The summed E-state index contributed by atoms with van der Waals surface area (Å²) in [4.78, 5) is 0. The van der Waals surface area contributed by atoms with Crippen LogP contribution in [0.25, 0.3) is 5.65 Å². The summed E-state index contributed by atoms with van der Waals surface area (Å²) in [6.07, 6.45) is 8.78. The molecule has 2 heterocycles. The number of ether oxygens (including phenoxy) is 1. The van der Waals surface area contributed by atoms with Crippen molar-refractivity contribution in [1.82, 2.24) is 25.3 Å². The van der Waals surface area contributed by atoms with Crippen molar-refractivity contribution in [3.63, 3.8) is 0 Å². The van der Waals surface area contributed by atoms with Gasteiger partial charge in [-0.05, 0) is 35.4 Å². The van der Waals surface area contributed by atoms with E-state index >= 15 is 0 Å². The molecule has 0 bridgehead atoms. The van der Waals surface area contributed by atoms with E-state index in [-0.39, 0.29) is 0 Å². The number of hydrogen-bond donors (Lipinski definition) is 1. The van der Waals surface area contributed by atoms with Gasteiger partial charge >= 0.3 is 0 Å². The van der Waals surface area contributed by atoms with Crippen molar-refractivity contribution < 1.29 is 4.74 Å². The molecule has 22 heavy (non-hydrogen) atoms. The molecule has 2 aromatic heterocycles. The second-order valence-corrected chi connectivity index (χ2v) is 5.41. The smallest absolute Gasteiger partial charge is 0.200 e. The van der Waals surface area contributed by atoms with Crippen LogP contribution in [-0.4, -0.2) is 45.0 Å². The number of hydrogen-bond acceptors (Lipinski definition) is 6. The molecule has 0 aliphatic heterocycles. The summed E-state index contributed by atoms with van der Waals surface area (Å²) >= 11 is 0. The maximum absolute atomic E-state index is 5.64. The minimum atomic E-state index is 0.646. The summed E-state index contributed by atoms with van der Waals surface area (Å²) in [6, 6.07) is 3.72. The van der Waals surface area contributed by atoms with Crippen LogP contribution >= 0.6 is 0 Å². The fourth-order valence-electron chi connectivity index (χ4n) is 2.22. The number of rotatable bonds is 12. The Balaban J connectivity index is 1.45. The SMILES string of the molecule is CCCCCCCCOCCCNc1ccc2nnnn2n1. The molecule has 0 spiro atoms. The average molecular weight is 306 g/mol. The number of unbranched alkanes of at least 4 members (excludes halogenated alkanes) is 5. The van der Waals surface area contributed by atoms with E-state index in [0.717, 1.165) is 32.0 Å². The lowest BCUT2D eigenvalue weighted by Gasteiger charge is -2.06. The lowest BCUT2D eigenvalue weighted by molar-refractivity contribution is 0.129. The van der Waals surface area contributed by atoms with Crippen molar-refractivity contribution in [2.75, 3.05) is 25.1 Å². The molecule has 0 unspecified atom stereocenters. The maximum atomic E-state index is 5.64. The Hall–Kier alpha value is -1.76. The zero-order valence-electron chi connectivity index (χ0n) is 13.4. The number of nitrogens with zero attached hydrogens (tertiary/aromatic N) is 5. The molecule has 2 aromatic rings. The summed E-state index contributed by atoms with van der Waals surface area (Å²) in [7, 11) is 0. The molecule has 0 saturated heterocycles. The molecule has 2 rings (SSSR count). The first-order valence-corrected chi connectivity index (χ1v) is 8.27. The van der Waals surface area contributed by atoms with E-state index in [1.165, 1.54) is 43.2 Å². The van der Waals surface area contributed by atoms with Crippen molar-refractivity contribution >= 4 is 11.5 Å². The molecule has 1 N–H and O–H groups in total. The quantitative estimate of drug-likeness (QED) is 0.608. The Kier molecular flexibility index (Phi) is 7.59. The van der Waals surface area contributed by atoms with Crippen molar-refractivity contribution in [1.29, 1.82) is 0 Å². The number of tetrazole rings is 1. The molecular weight excluding hydrogens is 280 g/mol. The number of aromatic nitrogens is 5. The van der Waals surface area contributed by atoms with E-state index in [1.807, 2.05) is 12.1 Å². The van der Waals surface area contributed by atoms with Crippen LogP contribution in [0.3, 0.4) is 0 Å². The molecule has 0 aliphatic carbocycles. The van der Waals surface area contributed by atoms with Crippen molar-refractivity contribution in [3.05, 3.63) is 12.1 Å². The van der Waals surface area contributed by atoms with Crippen LogP contribution in [0.1, 0.15) is 51.9 Å². The van der Waals surface area contributed by atoms with Crippen LogP contribution < -0.4 is 5.32 Å². The first kappa shape index (κ1) is 16.6. The first-order valence-electron chi connectivity index (χ1n) is 8.27. The van der Waals surface area contributed by atoms with E-state index in [0.29, 0.717) is 5.65 Å². The second kappa shape index (κ2) is 10.0. The standard InChI is InChI=1S/C15H26N6O/c1-2-3-4-5-6-7-12-22-13-8-11-16-14-9-10-15-17-19-20-21(15)18-14/h9-10H,2-8,11-13H2,1H3,(H,16,18). The summed E-state index contributed by atoms with van der Waals surface area (Å²) in [5, 5.41) is 18.6. The predicted molar refractivity (Wildman–Crippen MR) is 85.9 cm³/mol. The van der Waals surface area contributed by atoms with Gasteiger partial charge in [-0.15, -0.1) is 14.8 Å². The highest BCUT2D eigenvalue weighted by Gasteiger charge is 1.99. The highest BCUT2D eigenvalue weighted by molar-refractivity contribution is 5.41. The van der Waals surface area contributed by atoms with Crippen molar-refractivity contribution in [3.8, 4) is 0 Å². The van der Waals surface area contributed by atoms with E-state index < -0.39 is 0 Å². The van der Waals surface area contributed by atoms with Gasteiger partial charge in [0.1, 0.15) is 5.82 Å². The third kappa shape index (κ3) is 5.93. The monoisotopic (exact) mass is 306 g/mol. The fourth-order valence-corrected chi connectivity index (χ4v) is 2.22. The Labute approximate surface area is 131 Å². The molecule has 0 amide bonds. The third-order valence-corrected chi connectivity index (χ3v) is 3.48. The summed E-state index contributed by atoms with van der Waals surface area (Å²) < 4.78 is 7.05. The summed E-state index contributed by atoms with van der Waals surface area (Å²) in [6.45, 7) is 4.74. The van der Waals surface area contributed by atoms with Crippen LogP contribution in [0, 0.1) is 0 Å². The van der Waals surface area contributed by atoms with Crippen LogP contribution in [0.5, 0.6) is 0 Å². The van der Waals surface area contributed by atoms with Gasteiger partial charge in [0.2, 0.25) is 0 Å². The van der Waals surface area contributed by atoms with Gasteiger partial charge in [-0.3, -0.25) is 0 Å². The fraction of sp³-hybridized carbons (Fsp3) is 0.733. The Bertz CT molecular complexity index is 529. The van der Waals surface area contributed by atoms with E-state index in [9.17, 15) is 0 Å². The van der Waals surface area contributed by atoms with Gasteiger partial charge in [-0.2, -0.15) is 0 Å². The predicted octanol–water partition coefficient (Wildman–Crippen LogP) is 2.70. The van der Waals surface area contributed by atoms with Gasteiger partial charge in [0.15, 0.2) is 5.65 Å². The molecular formula is C15H26N6O. The van der Waals surface area contributed by atoms with Gasteiger partial charge in [0.25, 0.3) is 0 Å². The highest BCUT2D eigenvalue weighted by atomic mass is 16.5. The maximum Gasteiger partial charge on any atom is 0.200 e. The van der Waals surface area contributed by atoms with E-state index in [1.54, 1.807) is 0 Å². The van der Waals surface area contributed by atoms with Crippen LogP contribution in [-0.2, 0) is 4.74 Å². The van der Waals surface area contributed by atoms with E-state index in [2.05, 4.69) is 32.9 Å². The molecule has 0 aliphatic rings. The molecule has 0 fully saturated rings. The molecule has 122 valence electrons. The van der Waals surface area contributed by atoms with Crippen molar-refractivity contribution in [2.24, 2.45) is 0 Å². The largest absolute Gasteiger partial charge is 0.381 e. The Morgan fingerprint density at radius 2 is 1.86 bits per heavy atom. The average Bonchev–Trinajstić information content (AvgIpc) is 3.00. The normalized spacial score (nSPS) is 11.1. The van der Waals surface area contributed by atoms with Crippen LogP contribution in [0.2, 0.25) is 0 Å². The highest BCUT2D eigenvalue weighted by Crippen LogP contribution is 2.05. The van der Waals surface area contributed by atoms with Gasteiger partial charge in [-0.25, -0.2) is 0 Å². The number of anilines is 1. The zero-order valence-corrected chi connectivity index (χ0v) is 13.4. The van der Waals surface area contributed by atoms with Gasteiger partial charge in [-0.1, -0.05) is 39.0 Å². The van der Waals surface area contributed by atoms with Gasteiger partial charge in [0.05, 0.1) is 0 Å². The third-order valence-electron chi connectivity index (χ3n) is 3.48. The minimum Gasteiger partial charge on any atom is -0.381 e. The molecule has 7 nitrogen and oxygen atoms in total. The van der Waals surface area contributed by atoms with Crippen LogP contribution in [0.4, 0.5) is 5.82 Å². The van der Waals surface area contributed by atoms with Gasteiger partial charge in [0, 0.05) is 19.8 Å². The Morgan fingerprint density at radius 1 is 1.05 bits per heavy atom. The first-order chi connectivity index (χ1) is 10.9. The van der Waals surface area contributed by atoms with E-state index in [4.69, 9.17) is 4.74 Å². The molecule has 0 radical (unpaired) electrons. The molecule has 0 saturated carbocycles. The number of nitrogens with one attached hydrogen (secondary N) is 1. The minimum absolute atomic E-state index is 0.646. The zero-order chi connectivity index (χ0) is 15.5. The summed E-state index contributed by atoms with van der Waals surface area (Å²) in [5.41, 5.74) is 0.646. The second-order valence-electron chi connectivity index (χ2n) is 5.41. The molecule has 0 aromatic carbocycles. The van der Waals surface area contributed by atoms with Crippen molar-refractivity contribution in [2.45, 2.75) is 51.9 Å². The molecule has 0 atom stereocenters. The topological polar surface area (TPSA) is 77.2 Å². The summed E-state index contributed by atoms with van der Waals surface area (Å²) in [5.74, 6) is 0.774. The molecule has 7 heteroatoms. The van der Waals surface area contributed by atoms with Gasteiger partial charge < -0.3 is 10.1 Å². The number of fused-ring (bicyclic) bond motifs is 1. The lowest BCUT2D eigenvalue weighted by atomic mass is 10.1.